The van der Waals surface area contributed by atoms with E-state index in [-0.39, 0.29) is 0 Å². The van der Waals surface area contributed by atoms with Gasteiger partial charge >= 0.3 is 0 Å². The SMILES string of the molecule is CCCCCCCCCCC1=C(SCCCCCCCCCCCCS)S/C(=C2\SC(CCCCCCCCCC)=C(SCCCCCCCCCCCCS)S2)S1. The molecule has 2 aliphatic rings. The Morgan fingerprint density at radius 1 is 0.310 bits per heavy atom. The molecule has 0 aromatic carbocycles. The van der Waals surface area contributed by atoms with Crippen LogP contribution < -0.4 is 0 Å². The molecule has 2 heterocycles. The fourth-order valence-corrected chi connectivity index (χ4v) is 17.3. The lowest BCUT2D eigenvalue weighted by Crippen LogP contribution is -1.85. The van der Waals surface area contributed by atoms with Crippen LogP contribution in [0.2, 0.25) is 0 Å². The van der Waals surface area contributed by atoms with Gasteiger partial charge in [0.05, 0.1) is 16.9 Å². The zero-order valence-corrected chi connectivity index (χ0v) is 44.7. The van der Waals surface area contributed by atoms with Crippen molar-refractivity contribution in [2.75, 3.05) is 23.0 Å². The zero-order chi connectivity index (χ0) is 41.4. The number of hydrogen-bond donors (Lipinski definition) is 2. The molecule has 0 aromatic rings. The van der Waals surface area contributed by atoms with Crippen LogP contribution in [0.1, 0.15) is 258 Å². The first-order chi connectivity index (χ1) is 28.7. The van der Waals surface area contributed by atoms with Crippen LogP contribution in [0.15, 0.2) is 26.8 Å². The van der Waals surface area contributed by atoms with Gasteiger partial charge in [0.25, 0.3) is 0 Å². The molecule has 340 valence electrons. The van der Waals surface area contributed by atoms with E-state index >= 15 is 0 Å². The average Bonchev–Trinajstić information content (AvgIpc) is 3.84. The second-order valence-corrected chi connectivity index (χ2v) is 25.5. The summed E-state index contributed by atoms with van der Waals surface area (Å²) in [5.74, 6) is 4.71. The summed E-state index contributed by atoms with van der Waals surface area (Å²) in [6.07, 6.45) is 53.2. The molecule has 8 heteroatoms. The highest BCUT2D eigenvalue weighted by Gasteiger charge is 2.30. The minimum atomic E-state index is 1.06. The van der Waals surface area contributed by atoms with Crippen LogP contribution in [0.3, 0.4) is 0 Å². The Morgan fingerprint density at radius 3 is 0.862 bits per heavy atom. The summed E-state index contributed by atoms with van der Waals surface area (Å²) in [6, 6.07) is 0. The third kappa shape index (κ3) is 31.0. The minimum Gasteiger partial charge on any atom is -0.179 e. The number of unbranched alkanes of at least 4 members (excludes halogenated alkanes) is 32. The second-order valence-electron chi connectivity index (χ2n) is 17.1. The van der Waals surface area contributed by atoms with Gasteiger partial charge in [-0.05, 0) is 74.4 Å². The Bertz CT molecular complexity index is 957. The highest BCUT2D eigenvalue weighted by atomic mass is 32.2. The number of thioether (sulfide) groups is 6. The summed E-state index contributed by atoms with van der Waals surface area (Å²) < 4.78 is 6.58. The molecular formula is C50H92S8. The first-order valence-electron chi connectivity index (χ1n) is 25.1. The van der Waals surface area contributed by atoms with E-state index in [0.29, 0.717) is 0 Å². The Kier molecular flexibility index (Phi) is 41.6. The molecule has 0 saturated heterocycles. The molecule has 0 amide bonds. The highest BCUT2D eigenvalue weighted by molar-refractivity contribution is 8.40. The molecule has 0 N–H and O–H groups in total. The Hall–Kier alpha value is 2.02. The van der Waals surface area contributed by atoms with E-state index in [4.69, 9.17) is 0 Å². The van der Waals surface area contributed by atoms with E-state index in [1.54, 1.807) is 26.8 Å². The van der Waals surface area contributed by atoms with Crippen LogP contribution in [-0.2, 0) is 0 Å². The van der Waals surface area contributed by atoms with Crippen molar-refractivity contribution >= 4 is 95.8 Å². The van der Waals surface area contributed by atoms with E-state index in [2.05, 4.69) is 110 Å². The number of hydrogen-bond acceptors (Lipinski definition) is 8. The Morgan fingerprint density at radius 2 is 0.569 bits per heavy atom. The molecule has 0 aliphatic carbocycles. The predicted octanol–water partition coefficient (Wildman–Crippen LogP) is 21.6. The fourth-order valence-electron chi connectivity index (χ4n) is 7.75. The lowest BCUT2D eigenvalue weighted by Gasteiger charge is -2.06. The predicted molar refractivity (Wildman–Crippen MR) is 291 cm³/mol. The number of allylic oxidation sites excluding steroid dienone is 2. The molecular weight excluding hydrogens is 857 g/mol. The van der Waals surface area contributed by atoms with Crippen molar-refractivity contribution < 1.29 is 0 Å². The molecule has 0 nitrogen and oxygen atoms in total. The van der Waals surface area contributed by atoms with Crippen molar-refractivity contribution in [2.45, 2.75) is 258 Å². The van der Waals surface area contributed by atoms with Gasteiger partial charge in [0.2, 0.25) is 0 Å². The van der Waals surface area contributed by atoms with E-state index in [1.807, 2.05) is 0 Å². The minimum absolute atomic E-state index is 1.06. The third-order valence-electron chi connectivity index (χ3n) is 11.5. The molecule has 58 heavy (non-hydrogen) atoms. The topological polar surface area (TPSA) is 0 Å². The first-order valence-corrected chi connectivity index (χ1v) is 31.6. The molecule has 2 rings (SSSR count). The van der Waals surface area contributed by atoms with E-state index in [1.165, 1.54) is 255 Å². The summed E-state index contributed by atoms with van der Waals surface area (Å²) in [4.78, 5) is 3.43. The third-order valence-corrected chi connectivity index (χ3v) is 21.1. The number of thiol groups is 2. The van der Waals surface area contributed by atoms with Crippen LogP contribution in [0.25, 0.3) is 0 Å². The van der Waals surface area contributed by atoms with Gasteiger partial charge in [-0.25, -0.2) is 0 Å². The monoisotopic (exact) mass is 948 g/mol. The van der Waals surface area contributed by atoms with Crippen molar-refractivity contribution in [2.24, 2.45) is 0 Å². The van der Waals surface area contributed by atoms with Crippen molar-refractivity contribution in [1.29, 1.82) is 0 Å². The van der Waals surface area contributed by atoms with Crippen LogP contribution in [0.5, 0.6) is 0 Å². The average molecular weight is 950 g/mol. The van der Waals surface area contributed by atoms with Gasteiger partial charge in [0, 0.05) is 9.81 Å². The molecule has 0 fully saturated rings. The summed E-state index contributed by atoms with van der Waals surface area (Å²) in [5.41, 5.74) is 0. The zero-order valence-electron chi connectivity index (χ0n) is 38.0. The first kappa shape index (κ1) is 56.2. The van der Waals surface area contributed by atoms with Gasteiger partial charge in [0.15, 0.2) is 0 Å². The largest absolute Gasteiger partial charge is 0.179 e. The lowest BCUT2D eigenvalue weighted by atomic mass is 10.1. The molecule has 2 aliphatic heterocycles. The van der Waals surface area contributed by atoms with Crippen LogP contribution in [0, 0.1) is 0 Å². The van der Waals surface area contributed by atoms with Crippen LogP contribution in [-0.4, -0.2) is 23.0 Å². The maximum atomic E-state index is 4.36. The summed E-state index contributed by atoms with van der Waals surface area (Å²) >= 11 is 21.8. The highest BCUT2D eigenvalue weighted by Crippen LogP contribution is 2.64. The van der Waals surface area contributed by atoms with Gasteiger partial charge in [-0.1, -0.05) is 254 Å². The fraction of sp³-hybridized carbons (Fsp3) is 0.880. The Balaban J connectivity index is 1.89. The van der Waals surface area contributed by atoms with Gasteiger partial charge in [-0.2, -0.15) is 25.3 Å². The van der Waals surface area contributed by atoms with Gasteiger partial charge in [-0.15, -0.1) is 23.5 Å². The normalized spacial score (nSPS) is 15.9. The standard InChI is InChI=1S/C50H92S8/c1-3-5-7-9-11-21-27-33-39-45-47(53-43-37-31-25-19-15-13-17-23-29-35-41-51)57-49(55-45)50-56-46(40-34-28-22-12-10-8-6-4-2)48(58-50)54-44-38-32-26-20-16-14-18-24-30-36-42-52/h51-52H,3-44H2,1-2H3/b50-49+. The van der Waals surface area contributed by atoms with Crippen molar-refractivity contribution in [3.8, 4) is 0 Å². The molecule has 0 aromatic heterocycles. The van der Waals surface area contributed by atoms with E-state index in [0.717, 1.165) is 11.5 Å². The molecule has 0 bridgehead atoms. The van der Waals surface area contributed by atoms with Gasteiger partial charge < -0.3 is 0 Å². The molecule has 0 unspecified atom stereocenters. The maximum Gasteiger partial charge on any atom is 0.0708 e. The summed E-state index contributed by atoms with van der Waals surface area (Å²) in [6.45, 7) is 4.66. The van der Waals surface area contributed by atoms with E-state index < -0.39 is 0 Å². The molecule has 0 radical (unpaired) electrons. The quantitative estimate of drug-likeness (QED) is 0.0458. The van der Waals surface area contributed by atoms with Crippen LogP contribution >= 0.6 is 95.8 Å². The van der Waals surface area contributed by atoms with Crippen molar-refractivity contribution in [3.63, 3.8) is 0 Å². The molecule has 0 spiro atoms. The van der Waals surface area contributed by atoms with Gasteiger partial charge in [0.1, 0.15) is 0 Å². The molecule has 0 saturated carbocycles. The maximum absolute atomic E-state index is 4.36. The summed E-state index contributed by atoms with van der Waals surface area (Å²) in [7, 11) is 0. The number of rotatable bonds is 44. The van der Waals surface area contributed by atoms with Crippen molar-refractivity contribution in [3.05, 3.63) is 26.8 Å². The lowest BCUT2D eigenvalue weighted by molar-refractivity contribution is 0.564. The molecule has 0 atom stereocenters. The second kappa shape index (κ2) is 42.9. The van der Waals surface area contributed by atoms with Crippen LogP contribution in [0.4, 0.5) is 0 Å². The van der Waals surface area contributed by atoms with Gasteiger partial charge in [-0.3, -0.25) is 0 Å². The smallest absolute Gasteiger partial charge is 0.0708 e. The summed E-state index contributed by atoms with van der Waals surface area (Å²) in [5, 5.41) is 0. The Labute approximate surface area is 400 Å². The van der Waals surface area contributed by atoms with Crippen molar-refractivity contribution in [1.82, 2.24) is 0 Å². The van der Waals surface area contributed by atoms with E-state index in [9.17, 15) is 0 Å².